The van der Waals surface area contributed by atoms with E-state index in [1.807, 2.05) is 36.4 Å². The van der Waals surface area contributed by atoms with E-state index in [0.717, 1.165) is 44.6 Å². The Hall–Kier alpha value is -7.43. The molecule has 1 aliphatic rings. The Kier molecular flexibility index (Phi) is 7.80. The average molecular weight is 743 g/mol. The van der Waals surface area contributed by atoms with Crippen LogP contribution in [-0.2, 0) is 5.41 Å². The molecule has 2 heterocycles. The van der Waals surface area contributed by atoms with Crippen LogP contribution in [-0.4, -0.2) is 19.5 Å². The van der Waals surface area contributed by atoms with Crippen LogP contribution in [0.15, 0.2) is 194 Å². The van der Waals surface area contributed by atoms with E-state index in [1.165, 1.54) is 44.1 Å². The fourth-order valence-corrected chi connectivity index (χ4v) is 8.92. The summed E-state index contributed by atoms with van der Waals surface area (Å²) in [5.41, 5.74) is 16.0. The van der Waals surface area contributed by atoms with Gasteiger partial charge >= 0.3 is 0 Å². The standard InChI is InChI=1S/C54H38N4/c1-54(2)47-22-12-9-19-43(47)44-30-27-38(34-48(44)54)40-31-39(35-25-28-42(29-26-35)58-49-23-13-10-20-45(49)46-21-11-14-24-50(46)58)32-41(33-40)53-56-51(36-15-5-3-6-16-36)55-52(57-53)37-17-7-4-8-18-37/h3-34H,1-2H3. The number of aromatic nitrogens is 4. The normalized spacial score (nSPS) is 12.8. The molecule has 0 spiro atoms. The first-order valence-corrected chi connectivity index (χ1v) is 19.9. The number of benzene rings is 8. The van der Waals surface area contributed by atoms with E-state index in [0.29, 0.717) is 17.5 Å². The summed E-state index contributed by atoms with van der Waals surface area (Å²) < 4.78 is 2.36. The summed E-state index contributed by atoms with van der Waals surface area (Å²) in [5.74, 6) is 1.92. The van der Waals surface area contributed by atoms with Crippen LogP contribution in [0.1, 0.15) is 25.0 Å². The van der Waals surface area contributed by atoms with E-state index in [4.69, 9.17) is 15.0 Å². The molecule has 0 amide bonds. The predicted octanol–water partition coefficient (Wildman–Crippen LogP) is 13.6. The molecule has 0 N–H and O–H groups in total. The quantitative estimate of drug-likeness (QED) is 0.170. The Morgan fingerprint density at radius 2 is 0.810 bits per heavy atom. The van der Waals surface area contributed by atoms with Crippen LogP contribution in [0.2, 0.25) is 0 Å². The molecule has 0 saturated carbocycles. The minimum Gasteiger partial charge on any atom is -0.309 e. The summed E-state index contributed by atoms with van der Waals surface area (Å²) in [7, 11) is 0. The molecule has 10 aromatic rings. The van der Waals surface area contributed by atoms with Gasteiger partial charge in [0.05, 0.1) is 11.0 Å². The number of para-hydroxylation sites is 2. The Bertz CT molecular complexity index is 3070. The lowest BCUT2D eigenvalue weighted by molar-refractivity contribution is 0.660. The molecular weight excluding hydrogens is 705 g/mol. The molecule has 4 heteroatoms. The van der Waals surface area contributed by atoms with Crippen molar-refractivity contribution in [3.63, 3.8) is 0 Å². The van der Waals surface area contributed by atoms with Gasteiger partial charge in [-0.05, 0) is 93.0 Å². The van der Waals surface area contributed by atoms with E-state index in [2.05, 4.69) is 176 Å². The summed E-state index contributed by atoms with van der Waals surface area (Å²) in [6, 6.07) is 69.1. The second kappa shape index (κ2) is 13.4. The Morgan fingerprint density at radius 1 is 0.345 bits per heavy atom. The maximum atomic E-state index is 5.16. The molecule has 8 aromatic carbocycles. The van der Waals surface area contributed by atoms with Gasteiger partial charge in [-0.15, -0.1) is 0 Å². The van der Waals surface area contributed by atoms with Crippen LogP contribution in [0.25, 0.3) is 95.0 Å². The van der Waals surface area contributed by atoms with E-state index in [-0.39, 0.29) is 5.41 Å². The zero-order chi connectivity index (χ0) is 38.8. The van der Waals surface area contributed by atoms with Crippen molar-refractivity contribution in [3.05, 3.63) is 205 Å². The lowest BCUT2D eigenvalue weighted by Gasteiger charge is -2.22. The third-order valence-corrected chi connectivity index (χ3v) is 11.8. The van der Waals surface area contributed by atoms with E-state index >= 15 is 0 Å². The average Bonchev–Trinajstić information content (AvgIpc) is 3.75. The molecule has 4 nitrogen and oxygen atoms in total. The second-order valence-electron chi connectivity index (χ2n) is 15.7. The van der Waals surface area contributed by atoms with Crippen molar-refractivity contribution < 1.29 is 0 Å². The van der Waals surface area contributed by atoms with Crippen molar-refractivity contribution >= 4 is 21.8 Å². The maximum Gasteiger partial charge on any atom is 0.164 e. The van der Waals surface area contributed by atoms with Gasteiger partial charge in [0.1, 0.15) is 0 Å². The summed E-state index contributed by atoms with van der Waals surface area (Å²) in [6.45, 7) is 4.67. The monoisotopic (exact) mass is 742 g/mol. The first-order chi connectivity index (χ1) is 28.5. The lowest BCUT2D eigenvalue weighted by atomic mass is 9.81. The number of hydrogen-bond donors (Lipinski definition) is 0. The molecule has 0 saturated heterocycles. The lowest BCUT2D eigenvalue weighted by Crippen LogP contribution is -2.14. The highest BCUT2D eigenvalue weighted by molar-refractivity contribution is 6.09. The highest BCUT2D eigenvalue weighted by Crippen LogP contribution is 2.50. The predicted molar refractivity (Wildman–Crippen MR) is 239 cm³/mol. The van der Waals surface area contributed by atoms with E-state index in [1.54, 1.807) is 0 Å². The topological polar surface area (TPSA) is 43.6 Å². The van der Waals surface area contributed by atoms with Crippen LogP contribution < -0.4 is 0 Å². The smallest absolute Gasteiger partial charge is 0.164 e. The van der Waals surface area contributed by atoms with E-state index in [9.17, 15) is 0 Å². The molecule has 11 rings (SSSR count). The largest absolute Gasteiger partial charge is 0.309 e. The minimum atomic E-state index is -0.117. The van der Waals surface area contributed by atoms with Gasteiger partial charge in [0.25, 0.3) is 0 Å². The van der Waals surface area contributed by atoms with Crippen LogP contribution in [0.3, 0.4) is 0 Å². The summed E-state index contributed by atoms with van der Waals surface area (Å²) in [5, 5.41) is 2.50. The van der Waals surface area contributed by atoms with Gasteiger partial charge in [0.15, 0.2) is 17.5 Å². The van der Waals surface area contributed by atoms with Crippen LogP contribution >= 0.6 is 0 Å². The van der Waals surface area contributed by atoms with Gasteiger partial charge < -0.3 is 4.57 Å². The summed E-state index contributed by atoms with van der Waals surface area (Å²) in [4.78, 5) is 15.3. The molecule has 0 radical (unpaired) electrons. The summed E-state index contributed by atoms with van der Waals surface area (Å²) >= 11 is 0. The van der Waals surface area contributed by atoms with Gasteiger partial charge in [0.2, 0.25) is 0 Å². The highest BCUT2D eigenvalue weighted by Gasteiger charge is 2.35. The number of rotatable bonds is 6. The molecule has 1 aliphatic carbocycles. The third-order valence-electron chi connectivity index (χ3n) is 11.8. The summed E-state index contributed by atoms with van der Waals surface area (Å²) in [6.07, 6.45) is 0. The molecular formula is C54H38N4. The first-order valence-electron chi connectivity index (χ1n) is 19.9. The van der Waals surface area contributed by atoms with Crippen molar-refractivity contribution in [1.82, 2.24) is 19.5 Å². The van der Waals surface area contributed by atoms with Crippen molar-refractivity contribution in [2.75, 3.05) is 0 Å². The van der Waals surface area contributed by atoms with E-state index < -0.39 is 0 Å². The molecule has 274 valence electrons. The zero-order valence-corrected chi connectivity index (χ0v) is 32.3. The van der Waals surface area contributed by atoms with Crippen molar-refractivity contribution in [1.29, 1.82) is 0 Å². The molecule has 0 aliphatic heterocycles. The molecule has 58 heavy (non-hydrogen) atoms. The molecule has 0 bridgehead atoms. The van der Waals surface area contributed by atoms with Crippen LogP contribution in [0.4, 0.5) is 0 Å². The van der Waals surface area contributed by atoms with Crippen molar-refractivity contribution in [2.24, 2.45) is 0 Å². The Balaban J connectivity index is 1.09. The van der Waals surface area contributed by atoms with Gasteiger partial charge in [0, 0.05) is 38.6 Å². The molecule has 0 unspecified atom stereocenters. The number of fused-ring (bicyclic) bond motifs is 6. The molecule has 0 atom stereocenters. The Labute approximate surface area is 337 Å². The van der Waals surface area contributed by atoms with Crippen LogP contribution in [0, 0.1) is 0 Å². The second-order valence-corrected chi connectivity index (χ2v) is 15.7. The SMILES string of the molecule is CC1(C)c2ccccc2-c2ccc(-c3cc(-c4ccc(-n5c6ccccc6c6ccccc65)cc4)cc(-c4nc(-c5ccccc5)nc(-c5ccccc5)n4)c3)cc21. The van der Waals surface area contributed by atoms with Gasteiger partial charge in [-0.2, -0.15) is 0 Å². The Morgan fingerprint density at radius 3 is 1.43 bits per heavy atom. The maximum absolute atomic E-state index is 5.16. The fraction of sp³-hybridized carbons (Fsp3) is 0.0556. The van der Waals surface area contributed by atoms with Crippen molar-refractivity contribution in [2.45, 2.75) is 19.3 Å². The minimum absolute atomic E-state index is 0.117. The van der Waals surface area contributed by atoms with Gasteiger partial charge in [-0.3, -0.25) is 0 Å². The fourth-order valence-electron chi connectivity index (χ4n) is 8.92. The van der Waals surface area contributed by atoms with Crippen molar-refractivity contribution in [3.8, 4) is 73.2 Å². The highest BCUT2D eigenvalue weighted by atomic mass is 15.0. The van der Waals surface area contributed by atoms with Gasteiger partial charge in [-0.25, -0.2) is 15.0 Å². The first kappa shape index (κ1) is 33.9. The number of nitrogens with zero attached hydrogens (tertiary/aromatic N) is 4. The molecule has 2 aromatic heterocycles. The molecule has 0 fully saturated rings. The van der Waals surface area contributed by atoms with Crippen LogP contribution in [0.5, 0.6) is 0 Å². The zero-order valence-electron chi connectivity index (χ0n) is 32.3. The third kappa shape index (κ3) is 5.56. The number of hydrogen-bond acceptors (Lipinski definition) is 3. The van der Waals surface area contributed by atoms with Gasteiger partial charge in [-0.1, -0.05) is 159 Å².